The quantitative estimate of drug-likeness (QED) is 0.343. The van der Waals surface area contributed by atoms with E-state index < -0.39 is 10.9 Å². The van der Waals surface area contributed by atoms with E-state index >= 15 is 0 Å². The molecule has 1 aromatic heterocycles. The first-order chi connectivity index (χ1) is 13.9. The maximum Gasteiger partial charge on any atom is 0.342 e. The molecule has 8 nitrogen and oxygen atoms in total. The fraction of sp³-hybridized carbons (Fsp3) is 0.238. The van der Waals surface area contributed by atoms with E-state index in [2.05, 4.69) is 5.10 Å². The van der Waals surface area contributed by atoms with Gasteiger partial charge >= 0.3 is 5.97 Å². The minimum absolute atomic E-state index is 0.0973. The van der Waals surface area contributed by atoms with E-state index in [9.17, 15) is 14.9 Å². The van der Waals surface area contributed by atoms with Gasteiger partial charge in [0.15, 0.2) is 0 Å². The number of hydrogen-bond donors (Lipinski definition) is 0. The smallest absolute Gasteiger partial charge is 0.342 e. The van der Waals surface area contributed by atoms with Crippen LogP contribution >= 0.6 is 0 Å². The Morgan fingerprint density at radius 1 is 1.17 bits per heavy atom. The van der Waals surface area contributed by atoms with Gasteiger partial charge < -0.3 is 9.47 Å². The number of nitrogens with zero attached hydrogens (tertiary/aromatic N) is 3. The molecule has 0 amide bonds. The molecule has 0 fully saturated rings. The molecule has 29 heavy (non-hydrogen) atoms. The number of carbonyl (C=O) groups excluding carboxylic acids is 1. The van der Waals surface area contributed by atoms with Crippen LogP contribution in [0.4, 0.5) is 5.69 Å². The summed E-state index contributed by atoms with van der Waals surface area (Å²) in [5, 5.41) is 15.5. The minimum Gasteiger partial charge on any atom is -0.496 e. The van der Waals surface area contributed by atoms with Crippen LogP contribution in [0.2, 0.25) is 0 Å². The van der Waals surface area contributed by atoms with Gasteiger partial charge in [0.1, 0.15) is 17.9 Å². The maximum atomic E-state index is 12.7. The van der Waals surface area contributed by atoms with Gasteiger partial charge in [0.05, 0.1) is 30.0 Å². The Hall–Kier alpha value is -3.68. The Labute approximate surface area is 167 Å². The molecule has 0 bridgehead atoms. The molecule has 3 aromatic rings. The molecule has 8 heteroatoms. The van der Waals surface area contributed by atoms with Gasteiger partial charge in [-0.15, -0.1) is 0 Å². The van der Waals surface area contributed by atoms with Crippen LogP contribution in [0.1, 0.15) is 32.9 Å². The molecular formula is C21H21N3O5. The summed E-state index contributed by atoms with van der Waals surface area (Å²) in [4.78, 5) is 23.2. The number of nitro groups is 1. The average Bonchev–Trinajstić information content (AvgIpc) is 2.99. The minimum atomic E-state index is -0.534. The summed E-state index contributed by atoms with van der Waals surface area (Å²) < 4.78 is 12.4. The number of esters is 1. The van der Waals surface area contributed by atoms with Gasteiger partial charge in [-0.05, 0) is 25.5 Å². The third-order valence-electron chi connectivity index (χ3n) is 4.59. The van der Waals surface area contributed by atoms with Crippen molar-refractivity contribution in [2.45, 2.75) is 27.0 Å². The fourth-order valence-corrected chi connectivity index (χ4v) is 3.11. The van der Waals surface area contributed by atoms with Crippen LogP contribution in [0, 0.1) is 24.0 Å². The Morgan fingerprint density at radius 3 is 2.55 bits per heavy atom. The van der Waals surface area contributed by atoms with Gasteiger partial charge in [0.25, 0.3) is 5.69 Å². The zero-order chi connectivity index (χ0) is 21.0. The summed E-state index contributed by atoms with van der Waals surface area (Å²) in [6, 6.07) is 14.0. The molecule has 0 N–H and O–H groups in total. The number of nitro benzene ring substituents is 1. The van der Waals surface area contributed by atoms with Crippen molar-refractivity contribution in [1.29, 1.82) is 0 Å². The average molecular weight is 395 g/mol. The zero-order valence-corrected chi connectivity index (χ0v) is 16.4. The fourth-order valence-electron chi connectivity index (χ4n) is 3.11. The molecule has 0 saturated heterocycles. The highest BCUT2D eigenvalue weighted by molar-refractivity contribution is 5.91. The lowest BCUT2D eigenvalue weighted by molar-refractivity contribution is -0.385. The number of ether oxygens (including phenoxy) is 2. The molecular weight excluding hydrogens is 374 g/mol. The lowest BCUT2D eigenvalue weighted by Gasteiger charge is -2.10. The second-order valence-corrected chi connectivity index (χ2v) is 6.52. The third-order valence-corrected chi connectivity index (χ3v) is 4.59. The molecule has 0 atom stereocenters. The first kappa shape index (κ1) is 20.1. The normalized spacial score (nSPS) is 10.6. The summed E-state index contributed by atoms with van der Waals surface area (Å²) in [5.41, 5.74) is 3.04. The van der Waals surface area contributed by atoms with Crippen molar-refractivity contribution < 1.29 is 19.2 Å². The Bertz CT molecular complexity index is 1040. The summed E-state index contributed by atoms with van der Waals surface area (Å²) in [6.07, 6.45) is 0. The maximum absolute atomic E-state index is 12.7. The lowest BCUT2D eigenvalue weighted by atomic mass is 10.1. The number of hydrogen-bond acceptors (Lipinski definition) is 6. The number of benzene rings is 2. The number of aryl methyl sites for hydroxylation is 1. The number of aromatic nitrogens is 2. The summed E-state index contributed by atoms with van der Waals surface area (Å²) in [7, 11) is 1.45. The summed E-state index contributed by atoms with van der Waals surface area (Å²) in [6.45, 7) is 3.96. The molecule has 0 radical (unpaired) electrons. The van der Waals surface area contributed by atoms with Crippen molar-refractivity contribution in [3.8, 4) is 5.75 Å². The van der Waals surface area contributed by atoms with Crippen LogP contribution in [0.3, 0.4) is 0 Å². The Kier molecular flexibility index (Phi) is 5.92. The van der Waals surface area contributed by atoms with Crippen LogP contribution in [-0.2, 0) is 17.9 Å². The summed E-state index contributed by atoms with van der Waals surface area (Å²) >= 11 is 0. The number of methoxy groups -OCH3 is 1. The van der Waals surface area contributed by atoms with Crippen LogP contribution in [0.25, 0.3) is 0 Å². The first-order valence-corrected chi connectivity index (χ1v) is 8.97. The molecule has 150 valence electrons. The van der Waals surface area contributed by atoms with Crippen molar-refractivity contribution in [3.63, 3.8) is 0 Å². The highest BCUT2D eigenvalue weighted by Gasteiger charge is 2.21. The molecule has 2 aromatic carbocycles. The molecule has 0 aliphatic carbocycles. The van der Waals surface area contributed by atoms with E-state index in [1.165, 1.54) is 25.3 Å². The van der Waals surface area contributed by atoms with Crippen molar-refractivity contribution in [2.24, 2.45) is 0 Å². The number of carbonyl (C=O) groups is 1. The second kappa shape index (κ2) is 8.55. The van der Waals surface area contributed by atoms with E-state index in [0.717, 1.165) is 5.56 Å². The van der Waals surface area contributed by atoms with Crippen LogP contribution in [-0.4, -0.2) is 27.8 Å². The highest BCUT2D eigenvalue weighted by atomic mass is 16.6. The monoisotopic (exact) mass is 395 g/mol. The molecule has 0 aliphatic rings. The van der Waals surface area contributed by atoms with E-state index in [-0.39, 0.29) is 12.3 Å². The standard InChI is InChI=1S/C21H21N3O5/c1-14-20(15(2)23(22-14)12-16-7-5-4-6-8-16)21(25)29-13-17-11-18(24(26)27)9-10-19(17)28-3/h4-11H,12-13H2,1-3H3. The molecule has 1 heterocycles. The predicted molar refractivity (Wildman–Crippen MR) is 106 cm³/mol. The SMILES string of the molecule is COc1ccc([N+](=O)[O-])cc1COC(=O)c1c(C)nn(Cc2ccccc2)c1C. The van der Waals surface area contributed by atoms with Gasteiger partial charge in [-0.3, -0.25) is 14.8 Å². The van der Waals surface area contributed by atoms with Gasteiger partial charge in [-0.1, -0.05) is 30.3 Å². The molecule has 3 rings (SSSR count). The number of non-ortho nitro benzene ring substituents is 1. The topological polar surface area (TPSA) is 96.5 Å². The van der Waals surface area contributed by atoms with Crippen molar-refractivity contribution >= 4 is 11.7 Å². The second-order valence-electron chi connectivity index (χ2n) is 6.52. The van der Waals surface area contributed by atoms with Crippen LogP contribution < -0.4 is 4.74 Å². The lowest BCUT2D eigenvalue weighted by Crippen LogP contribution is -2.10. The van der Waals surface area contributed by atoms with Crippen molar-refractivity contribution in [1.82, 2.24) is 9.78 Å². The molecule has 0 aliphatic heterocycles. The Morgan fingerprint density at radius 2 is 1.90 bits per heavy atom. The van der Waals surface area contributed by atoms with Gasteiger partial charge in [-0.25, -0.2) is 4.79 Å². The van der Waals surface area contributed by atoms with E-state index in [1.807, 2.05) is 37.3 Å². The summed E-state index contributed by atoms with van der Waals surface area (Å²) in [5.74, 6) is -0.121. The molecule has 0 unspecified atom stereocenters. The van der Waals surface area contributed by atoms with Gasteiger partial charge in [0, 0.05) is 17.7 Å². The largest absolute Gasteiger partial charge is 0.496 e. The third kappa shape index (κ3) is 4.43. The molecule has 0 saturated carbocycles. The van der Waals surface area contributed by atoms with E-state index in [1.54, 1.807) is 11.6 Å². The predicted octanol–water partition coefficient (Wildman–Crippen LogP) is 3.82. The number of rotatable bonds is 7. The highest BCUT2D eigenvalue weighted by Crippen LogP contribution is 2.25. The molecule has 0 spiro atoms. The first-order valence-electron chi connectivity index (χ1n) is 8.97. The van der Waals surface area contributed by atoms with E-state index in [0.29, 0.717) is 34.8 Å². The van der Waals surface area contributed by atoms with Crippen molar-refractivity contribution in [2.75, 3.05) is 7.11 Å². The van der Waals surface area contributed by atoms with Crippen LogP contribution in [0.15, 0.2) is 48.5 Å². The van der Waals surface area contributed by atoms with Gasteiger partial charge in [0.2, 0.25) is 0 Å². The zero-order valence-electron chi connectivity index (χ0n) is 16.4. The van der Waals surface area contributed by atoms with Crippen LogP contribution in [0.5, 0.6) is 5.75 Å². The van der Waals surface area contributed by atoms with Crippen molar-refractivity contribution in [3.05, 3.63) is 86.7 Å². The Balaban J connectivity index is 1.78. The van der Waals surface area contributed by atoms with E-state index in [4.69, 9.17) is 9.47 Å². The van der Waals surface area contributed by atoms with Gasteiger partial charge in [-0.2, -0.15) is 5.10 Å².